The highest BCUT2D eigenvalue weighted by molar-refractivity contribution is 5.69. The third-order valence-electron chi connectivity index (χ3n) is 7.49. The smallest absolute Gasteiger partial charge is 0.306 e. The molecule has 0 fully saturated rings. The van der Waals surface area contributed by atoms with Gasteiger partial charge in [0.1, 0.15) is 12.3 Å². The van der Waals surface area contributed by atoms with Crippen LogP contribution in [-0.2, 0) is 22.5 Å². The Hall–Kier alpha value is -2.33. The van der Waals surface area contributed by atoms with Crippen molar-refractivity contribution in [3.63, 3.8) is 0 Å². The molecule has 0 heterocycles. The first-order chi connectivity index (χ1) is 18.9. The third-order valence-corrected chi connectivity index (χ3v) is 7.49. The molecular formula is C35H56NO3+. The second-order valence-electron chi connectivity index (χ2n) is 11.9. The van der Waals surface area contributed by atoms with E-state index in [-0.39, 0.29) is 12.1 Å². The van der Waals surface area contributed by atoms with Crippen molar-refractivity contribution < 1.29 is 18.8 Å². The van der Waals surface area contributed by atoms with E-state index in [0.29, 0.717) is 19.4 Å². The summed E-state index contributed by atoms with van der Waals surface area (Å²) in [6, 6.07) is 18.9. The van der Waals surface area contributed by atoms with Gasteiger partial charge in [-0.25, -0.2) is 0 Å². The van der Waals surface area contributed by atoms with Crippen LogP contribution in [0, 0.1) is 0 Å². The largest absolute Gasteiger partial charge is 0.490 e. The highest BCUT2D eigenvalue weighted by Crippen LogP contribution is 2.23. The van der Waals surface area contributed by atoms with Crippen LogP contribution < -0.4 is 4.74 Å². The zero-order chi connectivity index (χ0) is 28.2. The van der Waals surface area contributed by atoms with Crippen LogP contribution in [0.4, 0.5) is 0 Å². The molecule has 2 aromatic carbocycles. The molecule has 0 amide bonds. The number of carbonyl (C=O) groups excluding carboxylic acids is 1. The summed E-state index contributed by atoms with van der Waals surface area (Å²) in [7, 11) is 4.43. The predicted molar refractivity (Wildman–Crippen MR) is 164 cm³/mol. The van der Waals surface area contributed by atoms with Gasteiger partial charge < -0.3 is 14.0 Å². The van der Waals surface area contributed by atoms with E-state index in [1.165, 1.54) is 75.3 Å². The molecule has 0 saturated heterocycles. The quantitative estimate of drug-likeness (QED) is 0.0853. The van der Waals surface area contributed by atoms with Crippen molar-refractivity contribution in [3.8, 4) is 5.75 Å². The molecule has 1 unspecified atom stereocenters. The Kier molecular flexibility index (Phi) is 16.6. The lowest BCUT2D eigenvalue weighted by molar-refractivity contribution is -0.903. The lowest BCUT2D eigenvalue weighted by Gasteiger charge is -2.29. The fraction of sp³-hybridized carbons (Fsp3) is 0.629. The minimum Gasteiger partial charge on any atom is -0.490 e. The molecule has 0 aliphatic heterocycles. The van der Waals surface area contributed by atoms with Crippen molar-refractivity contribution in [2.75, 3.05) is 27.2 Å². The summed E-state index contributed by atoms with van der Waals surface area (Å²) in [4.78, 5) is 12.3. The Morgan fingerprint density at radius 3 is 2.10 bits per heavy atom. The topological polar surface area (TPSA) is 35.5 Å². The molecule has 2 rings (SSSR count). The third kappa shape index (κ3) is 15.8. The number of nitrogens with zero attached hydrogens (tertiary/aromatic N) is 1. The van der Waals surface area contributed by atoms with Crippen LogP contribution in [0.5, 0.6) is 5.75 Å². The van der Waals surface area contributed by atoms with E-state index in [1.807, 2.05) is 12.1 Å². The maximum Gasteiger partial charge on any atom is 0.306 e. The summed E-state index contributed by atoms with van der Waals surface area (Å²) in [6.45, 7) is 6.65. The lowest BCUT2D eigenvalue weighted by atomic mass is 10.0. The van der Waals surface area contributed by atoms with Crippen molar-refractivity contribution in [2.24, 2.45) is 0 Å². The molecule has 0 aromatic heterocycles. The number of unbranched alkanes of at least 4 members (excludes halogenated alkanes) is 9. The zero-order valence-corrected chi connectivity index (χ0v) is 25.5. The zero-order valence-electron chi connectivity index (χ0n) is 25.5. The first-order valence-electron chi connectivity index (χ1n) is 15.7. The first-order valence-corrected chi connectivity index (χ1v) is 15.7. The lowest BCUT2D eigenvalue weighted by Crippen LogP contribution is -2.39. The number of quaternary nitrogens is 1. The summed E-state index contributed by atoms with van der Waals surface area (Å²) in [5.74, 6) is 0.869. The Bertz CT molecular complexity index is 896. The van der Waals surface area contributed by atoms with Crippen molar-refractivity contribution >= 4 is 5.97 Å². The van der Waals surface area contributed by atoms with Crippen LogP contribution in [0.25, 0.3) is 0 Å². The molecule has 0 radical (unpaired) electrons. The molecule has 4 nitrogen and oxygen atoms in total. The highest BCUT2D eigenvalue weighted by atomic mass is 16.5. The summed E-state index contributed by atoms with van der Waals surface area (Å²) in [5.41, 5.74) is 2.61. The van der Waals surface area contributed by atoms with E-state index in [4.69, 9.17) is 9.47 Å². The number of hydrogen-bond donors (Lipinski definition) is 0. The summed E-state index contributed by atoms with van der Waals surface area (Å²) in [6.07, 6.45) is 16.6. The van der Waals surface area contributed by atoms with Gasteiger partial charge in [0.05, 0.1) is 39.8 Å². The van der Waals surface area contributed by atoms with Gasteiger partial charge in [-0.1, -0.05) is 113 Å². The predicted octanol–water partition coefficient (Wildman–Crippen LogP) is 8.91. The molecule has 218 valence electrons. The first kappa shape index (κ1) is 32.9. The number of esters is 1. The molecule has 0 bridgehead atoms. The molecule has 0 spiro atoms. The van der Waals surface area contributed by atoms with Crippen molar-refractivity contribution in [1.29, 1.82) is 0 Å². The molecule has 2 aromatic rings. The van der Waals surface area contributed by atoms with Crippen molar-refractivity contribution in [3.05, 3.63) is 65.7 Å². The van der Waals surface area contributed by atoms with Crippen LogP contribution in [0.1, 0.15) is 108 Å². The van der Waals surface area contributed by atoms with Crippen LogP contribution >= 0.6 is 0 Å². The van der Waals surface area contributed by atoms with Gasteiger partial charge >= 0.3 is 5.97 Å². The molecule has 39 heavy (non-hydrogen) atoms. The Balaban J connectivity index is 1.57. The SMILES string of the molecule is CCCCCCCCCCCCc1ccccc1OC(C)CCOC(=O)CCC[N+](C)(C)Cc1ccccc1. The van der Waals surface area contributed by atoms with Gasteiger partial charge in [-0.2, -0.15) is 0 Å². The second-order valence-corrected chi connectivity index (χ2v) is 11.9. The van der Waals surface area contributed by atoms with E-state index in [9.17, 15) is 4.79 Å². The summed E-state index contributed by atoms with van der Waals surface area (Å²) in [5, 5.41) is 0. The molecule has 0 aliphatic carbocycles. The van der Waals surface area contributed by atoms with Crippen LogP contribution in [0.2, 0.25) is 0 Å². The van der Waals surface area contributed by atoms with E-state index < -0.39 is 0 Å². The number of carbonyl (C=O) groups is 1. The van der Waals surface area contributed by atoms with Gasteiger partial charge in [0, 0.05) is 18.4 Å². The van der Waals surface area contributed by atoms with Gasteiger partial charge in [-0.3, -0.25) is 4.79 Å². The molecule has 1 atom stereocenters. The van der Waals surface area contributed by atoms with E-state index in [1.54, 1.807) is 0 Å². The van der Waals surface area contributed by atoms with Gasteiger partial charge in [-0.05, 0) is 31.4 Å². The fourth-order valence-electron chi connectivity index (χ4n) is 5.12. The fourth-order valence-corrected chi connectivity index (χ4v) is 5.12. The minimum atomic E-state index is -0.108. The average molecular weight is 539 g/mol. The Morgan fingerprint density at radius 2 is 1.41 bits per heavy atom. The van der Waals surface area contributed by atoms with Crippen LogP contribution in [0.15, 0.2) is 54.6 Å². The number of hydrogen-bond acceptors (Lipinski definition) is 3. The van der Waals surface area contributed by atoms with Gasteiger partial charge in [0.25, 0.3) is 0 Å². The molecule has 0 N–H and O–H groups in total. The minimum absolute atomic E-state index is 0.00753. The molecular weight excluding hydrogens is 482 g/mol. The molecule has 0 aliphatic rings. The summed E-state index contributed by atoms with van der Waals surface area (Å²) < 4.78 is 12.6. The van der Waals surface area contributed by atoms with Gasteiger partial charge in [0.2, 0.25) is 0 Å². The van der Waals surface area contributed by atoms with E-state index >= 15 is 0 Å². The van der Waals surface area contributed by atoms with Crippen LogP contribution in [0.3, 0.4) is 0 Å². The number of rotatable bonds is 22. The molecule has 4 heteroatoms. The Morgan fingerprint density at radius 1 is 0.795 bits per heavy atom. The summed E-state index contributed by atoms with van der Waals surface area (Å²) >= 11 is 0. The number of benzene rings is 2. The van der Waals surface area contributed by atoms with Crippen LogP contribution in [-0.4, -0.2) is 43.8 Å². The second kappa shape index (κ2) is 19.7. The number of ether oxygens (including phenoxy) is 2. The number of para-hydroxylation sites is 1. The monoisotopic (exact) mass is 538 g/mol. The van der Waals surface area contributed by atoms with Crippen molar-refractivity contribution in [1.82, 2.24) is 0 Å². The van der Waals surface area contributed by atoms with E-state index in [0.717, 1.165) is 36.2 Å². The maximum atomic E-state index is 12.3. The van der Waals surface area contributed by atoms with Gasteiger partial charge in [-0.15, -0.1) is 0 Å². The average Bonchev–Trinajstić information content (AvgIpc) is 2.91. The van der Waals surface area contributed by atoms with Crippen molar-refractivity contribution in [2.45, 2.75) is 116 Å². The van der Waals surface area contributed by atoms with E-state index in [2.05, 4.69) is 70.4 Å². The normalized spacial score (nSPS) is 12.3. The molecule has 0 saturated carbocycles. The highest BCUT2D eigenvalue weighted by Gasteiger charge is 2.17. The maximum absolute atomic E-state index is 12.3. The standard InChI is InChI=1S/C35H56NO3/c1-5-6-7-8-9-10-11-12-13-17-23-33-24-18-19-25-34(33)39-31(2)27-29-38-35(37)26-20-28-36(3,4)30-32-21-15-14-16-22-32/h14-16,18-19,21-22,24-25,31H,5-13,17,20,23,26-30H2,1-4H3/q+1. The number of aryl methyl sites for hydroxylation is 1. The Labute approximate surface area is 239 Å². The van der Waals surface area contributed by atoms with Gasteiger partial charge in [0.15, 0.2) is 0 Å².